The maximum absolute atomic E-state index is 13.2. The Balaban J connectivity index is 1.52. The lowest BCUT2D eigenvalue weighted by atomic mass is 10.00. The van der Waals surface area contributed by atoms with Crippen LogP contribution in [-0.4, -0.2) is 33.6 Å². The van der Waals surface area contributed by atoms with E-state index < -0.39 is 16.1 Å². The van der Waals surface area contributed by atoms with Gasteiger partial charge in [0.05, 0.1) is 10.9 Å². The average Bonchev–Trinajstić information content (AvgIpc) is 3.61. The van der Waals surface area contributed by atoms with Gasteiger partial charge in [-0.15, -0.1) is 0 Å². The van der Waals surface area contributed by atoms with Crippen LogP contribution >= 0.6 is 11.6 Å². The van der Waals surface area contributed by atoms with Crippen molar-refractivity contribution in [3.63, 3.8) is 0 Å². The molecule has 1 amide bonds. The first-order valence-corrected chi connectivity index (χ1v) is 12.6. The summed E-state index contributed by atoms with van der Waals surface area (Å²) >= 11 is 6.00. The maximum Gasteiger partial charge on any atom is 0.241 e. The molecule has 1 saturated carbocycles. The second-order valence-corrected chi connectivity index (χ2v) is 10.7. The van der Waals surface area contributed by atoms with Crippen LogP contribution in [-0.2, 0) is 14.8 Å². The Morgan fingerprint density at radius 1 is 1.03 bits per heavy atom. The summed E-state index contributed by atoms with van der Waals surface area (Å²) in [6.45, 7) is 4.40. The summed E-state index contributed by atoms with van der Waals surface area (Å²) in [5.74, 6) is 0.604. The number of rotatable bonds is 8. The number of hydrogen-bond acceptors (Lipinski definition) is 5. The third-order valence-corrected chi connectivity index (χ3v) is 7.37. The van der Waals surface area contributed by atoms with Crippen LogP contribution < -0.4 is 19.5 Å². The van der Waals surface area contributed by atoms with Gasteiger partial charge in [0.25, 0.3) is 0 Å². The van der Waals surface area contributed by atoms with Crippen LogP contribution in [0.2, 0.25) is 5.02 Å². The Hall–Kier alpha value is -2.29. The number of fused-ring (bicyclic) bond motifs is 1. The predicted molar refractivity (Wildman–Crippen MR) is 121 cm³/mol. The van der Waals surface area contributed by atoms with Gasteiger partial charge in [-0.3, -0.25) is 4.79 Å². The normalized spacial score (nSPS) is 17.6. The minimum Gasteiger partial charge on any atom is -0.486 e. The molecule has 0 radical (unpaired) electrons. The number of nitrogens with one attached hydrogen (secondary N) is 2. The van der Waals surface area contributed by atoms with Crippen molar-refractivity contribution >= 4 is 27.5 Å². The molecule has 7 nitrogen and oxygen atoms in total. The van der Waals surface area contributed by atoms with E-state index in [9.17, 15) is 13.2 Å². The molecule has 32 heavy (non-hydrogen) atoms. The lowest BCUT2D eigenvalue weighted by molar-refractivity contribution is -0.124. The molecular weight excluding hydrogens is 452 g/mol. The van der Waals surface area contributed by atoms with E-state index in [1.54, 1.807) is 18.2 Å². The van der Waals surface area contributed by atoms with Gasteiger partial charge in [-0.05, 0) is 54.5 Å². The minimum absolute atomic E-state index is 0.0247. The zero-order valence-corrected chi connectivity index (χ0v) is 19.6. The van der Waals surface area contributed by atoms with Gasteiger partial charge in [0.15, 0.2) is 11.5 Å². The summed E-state index contributed by atoms with van der Waals surface area (Å²) in [7, 11) is -3.96. The first kappa shape index (κ1) is 22.9. The van der Waals surface area contributed by atoms with Gasteiger partial charge in [0.1, 0.15) is 19.3 Å². The Bertz CT molecular complexity index is 1080. The summed E-state index contributed by atoms with van der Waals surface area (Å²) in [6, 6.07) is 10.7. The number of amides is 1. The van der Waals surface area contributed by atoms with Crippen molar-refractivity contribution in [2.24, 2.45) is 11.8 Å². The van der Waals surface area contributed by atoms with Crippen molar-refractivity contribution in [2.75, 3.05) is 13.2 Å². The number of hydrogen-bond donors (Lipinski definition) is 2. The molecule has 0 bridgehead atoms. The molecule has 2 unspecified atom stereocenters. The van der Waals surface area contributed by atoms with E-state index in [0.717, 1.165) is 18.4 Å². The Morgan fingerprint density at radius 2 is 1.69 bits per heavy atom. The van der Waals surface area contributed by atoms with Gasteiger partial charge in [0.2, 0.25) is 15.9 Å². The third kappa shape index (κ3) is 5.19. The molecule has 2 aliphatic rings. The molecule has 4 rings (SSSR count). The van der Waals surface area contributed by atoms with Crippen molar-refractivity contribution in [1.29, 1.82) is 0 Å². The molecule has 1 fully saturated rings. The van der Waals surface area contributed by atoms with Crippen molar-refractivity contribution in [1.82, 2.24) is 10.0 Å². The Morgan fingerprint density at radius 3 is 2.31 bits per heavy atom. The molecule has 9 heteroatoms. The zero-order valence-electron chi connectivity index (χ0n) is 18.0. The number of benzene rings is 2. The fourth-order valence-electron chi connectivity index (χ4n) is 3.73. The highest BCUT2D eigenvalue weighted by molar-refractivity contribution is 7.89. The standard InChI is InChI=1S/C23H27ClN2O5S/c1-14(2)21(23(27)25-22(15-3-4-15)16-5-7-17(24)8-6-16)26-32(28,29)18-9-10-19-20(13-18)31-12-11-30-19/h5-10,13-15,21-22,26H,3-4,11-12H2,1-2H3,(H,25,27). The quantitative estimate of drug-likeness (QED) is 0.603. The van der Waals surface area contributed by atoms with E-state index in [2.05, 4.69) is 10.0 Å². The molecule has 1 aliphatic carbocycles. The van der Waals surface area contributed by atoms with E-state index in [1.165, 1.54) is 12.1 Å². The summed E-state index contributed by atoms with van der Waals surface area (Å²) < 4.78 is 39.7. The first-order chi connectivity index (χ1) is 15.2. The second kappa shape index (κ2) is 9.29. The highest BCUT2D eigenvalue weighted by Gasteiger charge is 2.36. The molecule has 0 spiro atoms. The number of sulfonamides is 1. The predicted octanol–water partition coefficient (Wildman–Crippen LogP) is 3.68. The number of carbonyl (C=O) groups is 1. The topological polar surface area (TPSA) is 93.7 Å². The second-order valence-electron chi connectivity index (χ2n) is 8.52. The molecule has 1 heterocycles. The van der Waals surface area contributed by atoms with Crippen LogP contribution in [0.15, 0.2) is 47.4 Å². The van der Waals surface area contributed by atoms with E-state index in [4.69, 9.17) is 21.1 Å². The van der Waals surface area contributed by atoms with Crippen molar-refractivity contribution in [2.45, 2.75) is 43.7 Å². The van der Waals surface area contributed by atoms with Crippen LogP contribution in [0, 0.1) is 11.8 Å². The lowest BCUT2D eigenvalue weighted by Gasteiger charge is -2.26. The zero-order chi connectivity index (χ0) is 22.9. The van der Waals surface area contributed by atoms with Crippen LogP contribution in [0.25, 0.3) is 0 Å². The van der Waals surface area contributed by atoms with E-state index >= 15 is 0 Å². The Labute approximate surface area is 193 Å². The first-order valence-electron chi connectivity index (χ1n) is 10.7. The smallest absolute Gasteiger partial charge is 0.241 e. The molecule has 2 N–H and O–H groups in total. The van der Waals surface area contributed by atoms with Crippen LogP contribution in [0.4, 0.5) is 0 Å². The highest BCUT2D eigenvalue weighted by Crippen LogP contribution is 2.41. The largest absolute Gasteiger partial charge is 0.486 e. The molecular formula is C23H27ClN2O5S. The Kier molecular flexibility index (Phi) is 6.65. The number of carbonyl (C=O) groups excluding carboxylic acids is 1. The molecule has 0 aromatic heterocycles. The van der Waals surface area contributed by atoms with E-state index in [1.807, 2.05) is 26.0 Å². The third-order valence-electron chi connectivity index (χ3n) is 5.68. The van der Waals surface area contributed by atoms with Gasteiger partial charge in [-0.25, -0.2) is 8.42 Å². The van der Waals surface area contributed by atoms with Crippen molar-refractivity contribution in [3.05, 3.63) is 53.1 Å². The highest BCUT2D eigenvalue weighted by atomic mass is 35.5. The SMILES string of the molecule is CC(C)C(NS(=O)(=O)c1ccc2c(c1)OCCO2)C(=O)NC(c1ccc(Cl)cc1)C1CC1. The van der Waals surface area contributed by atoms with Crippen molar-refractivity contribution in [3.8, 4) is 11.5 Å². The fourth-order valence-corrected chi connectivity index (χ4v) is 5.22. The number of halogens is 1. The molecule has 1 aliphatic heterocycles. The summed E-state index contributed by atoms with van der Waals surface area (Å²) in [5.41, 5.74) is 0.961. The molecule has 2 aromatic carbocycles. The summed E-state index contributed by atoms with van der Waals surface area (Å²) in [6.07, 6.45) is 2.03. The van der Waals surface area contributed by atoms with Crippen LogP contribution in [0.1, 0.15) is 38.3 Å². The lowest BCUT2D eigenvalue weighted by Crippen LogP contribution is -2.50. The van der Waals surface area contributed by atoms with Crippen LogP contribution in [0.5, 0.6) is 11.5 Å². The molecule has 0 saturated heterocycles. The van der Waals surface area contributed by atoms with Crippen molar-refractivity contribution < 1.29 is 22.7 Å². The fraction of sp³-hybridized carbons (Fsp3) is 0.435. The number of ether oxygens (including phenoxy) is 2. The van der Waals surface area contributed by atoms with Gasteiger partial charge >= 0.3 is 0 Å². The minimum atomic E-state index is -3.96. The monoisotopic (exact) mass is 478 g/mol. The van der Waals surface area contributed by atoms with Gasteiger partial charge < -0.3 is 14.8 Å². The maximum atomic E-state index is 13.2. The van der Waals surface area contributed by atoms with E-state index in [-0.39, 0.29) is 22.8 Å². The molecule has 2 atom stereocenters. The van der Waals surface area contributed by atoms with E-state index in [0.29, 0.717) is 35.7 Å². The molecule has 2 aromatic rings. The summed E-state index contributed by atoms with van der Waals surface area (Å²) in [5, 5.41) is 3.69. The summed E-state index contributed by atoms with van der Waals surface area (Å²) in [4.78, 5) is 13.2. The molecule has 172 valence electrons. The van der Waals surface area contributed by atoms with Gasteiger partial charge in [-0.1, -0.05) is 37.6 Å². The van der Waals surface area contributed by atoms with Gasteiger partial charge in [0, 0.05) is 11.1 Å². The van der Waals surface area contributed by atoms with Gasteiger partial charge in [-0.2, -0.15) is 4.72 Å². The van der Waals surface area contributed by atoms with Crippen LogP contribution in [0.3, 0.4) is 0 Å². The average molecular weight is 479 g/mol.